The van der Waals surface area contributed by atoms with Gasteiger partial charge in [0.1, 0.15) is 5.52 Å². The Labute approximate surface area is 133 Å². The van der Waals surface area contributed by atoms with E-state index in [1.54, 1.807) is 18.2 Å². The SMILES string of the molecule is NCC1(NC(=O)CCn2nnc3ccccc3c2=O)CCCC1. The monoisotopic (exact) mass is 315 g/mol. The predicted molar refractivity (Wildman–Crippen MR) is 86.8 cm³/mol. The molecule has 3 N–H and O–H groups in total. The second-order valence-corrected chi connectivity index (χ2v) is 6.12. The number of nitrogens with zero attached hydrogens (tertiary/aromatic N) is 3. The molecule has 0 spiro atoms. The number of hydrogen-bond acceptors (Lipinski definition) is 5. The molecule has 7 heteroatoms. The first-order chi connectivity index (χ1) is 11.1. The Morgan fingerprint density at radius 1 is 1.30 bits per heavy atom. The first-order valence-electron chi connectivity index (χ1n) is 7.97. The maximum Gasteiger partial charge on any atom is 0.277 e. The van der Waals surface area contributed by atoms with Crippen molar-refractivity contribution >= 4 is 16.8 Å². The Morgan fingerprint density at radius 2 is 2.04 bits per heavy atom. The molecule has 0 saturated heterocycles. The molecule has 1 amide bonds. The molecule has 1 fully saturated rings. The number of rotatable bonds is 5. The Hall–Kier alpha value is -2.28. The number of carbonyl (C=O) groups is 1. The molecule has 3 rings (SSSR count). The van der Waals surface area contributed by atoms with Crippen LogP contribution in [0.15, 0.2) is 29.1 Å². The third-order valence-corrected chi connectivity index (χ3v) is 4.54. The van der Waals surface area contributed by atoms with E-state index in [1.165, 1.54) is 4.68 Å². The number of benzene rings is 1. The molecule has 0 aliphatic heterocycles. The van der Waals surface area contributed by atoms with Crippen molar-refractivity contribution in [3.63, 3.8) is 0 Å². The maximum absolute atomic E-state index is 12.3. The standard InChI is InChI=1S/C16H21N5O2/c17-11-16(8-3-4-9-16)18-14(22)7-10-21-15(23)12-5-1-2-6-13(12)19-20-21/h1-2,5-6H,3-4,7-11,17H2,(H,18,22). The summed E-state index contributed by atoms with van der Waals surface area (Å²) in [5, 5.41) is 11.5. The summed E-state index contributed by atoms with van der Waals surface area (Å²) in [7, 11) is 0. The Bertz CT molecular complexity index is 764. The van der Waals surface area contributed by atoms with Crippen LogP contribution in [0.2, 0.25) is 0 Å². The van der Waals surface area contributed by atoms with Crippen molar-refractivity contribution < 1.29 is 4.79 Å². The van der Waals surface area contributed by atoms with Gasteiger partial charge >= 0.3 is 0 Å². The average Bonchev–Trinajstić information content (AvgIpc) is 3.03. The van der Waals surface area contributed by atoms with Crippen LogP contribution in [0.4, 0.5) is 0 Å². The number of nitrogens with one attached hydrogen (secondary N) is 1. The smallest absolute Gasteiger partial charge is 0.277 e. The zero-order chi connectivity index (χ0) is 16.3. The topological polar surface area (TPSA) is 103 Å². The van der Waals surface area contributed by atoms with E-state index < -0.39 is 0 Å². The summed E-state index contributed by atoms with van der Waals surface area (Å²) < 4.78 is 1.24. The normalized spacial score (nSPS) is 16.6. The van der Waals surface area contributed by atoms with Gasteiger partial charge in [-0.15, -0.1) is 5.10 Å². The van der Waals surface area contributed by atoms with Crippen LogP contribution in [0.5, 0.6) is 0 Å². The highest BCUT2D eigenvalue weighted by atomic mass is 16.2. The maximum atomic E-state index is 12.3. The van der Waals surface area contributed by atoms with Gasteiger partial charge in [-0.2, -0.15) is 0 Å². The summed E-state index contributed by atoms with van der Waals surface area (Å²) in [6.07, 6.45) is 4.21. The van der Waals surface area contributed by atoms with E-state index in [0.717, 1.165) is 25.7 Å². The van der Waals surface area contributed by atoms with Crippen molar-refractivity contribution in [3.8, 4) is 0 Å². The molecule has 1 aromatic carbocycles. The van der Waals surface area contributed by atoms with Crippen LogP contribution in [0, 0.1) is 0 Å². The third kappa shape index (κ3) is 3.24. The highest BCUT2D eigenvalue weighted by Crippen LogP contribution is 2.28. The fraction of sp³-hybridized carbons (Fsp3) is 0.500. The zero-order valence-corrected chi connectivity index (χ0v) is 13.0. The van der Waals surface area contributed by atoms with E-state index in [4.69, 9.17) is 5.73 Å². The summed E-state index contributed by atoms with van der Waals surface area (Å²) in [5.41, 5.74) is 5.89. The lowest BCUT2D eigenvalue weighted by Gasteiger charge is -2.28. The van der Waals surface area contributed by atoms with Crippen molar-refractivity contribution in [1.82, 2.24) is 20.3 Å². The van der Waals surface area contributed by atoms with E-state index in [9.17, 15) is 9.59 Å². The number of carbonyl (C=O) groups excluding carboxylic acids is 1. The largest absolute Gasteiger partial charge is 0.349 e. The molecular formula is C16H21N5O2. The van der Waals surface area contributed by atoms with Gasteiger partial charge in [-0.3, -0.25) is 9.59 Å². The van der Waals surface area contributed by atoms with Gasteiger partial charge in [-0.25, -0.2) is 4.68 Å². The molecule has 23 heavy (non-hydrogen) atoms. The minimum Gasteiger partial charge on any atom is -0.349 e. The first kappa shape index (κ1) is 15.6. The molecule has 1 aliphatic carbocycles. The summed E-state index contributed by atoms with van der Waals surface area (Å²) >= 11 is 0. The predicted octanol–water partition coefficient (Wildman–Crippen LogP) is 0.569. The van der Waals surface area contributed by atoms with Crippen molar-refractivity contribution in [1.29, 1.82) is 0 Å². The van der Waals surface area contributed by atoms with E-state index >= 15 is 0 Å². The Morgan fingerprint density at radius 3 is 2.78 bits per heavy atom. The van der Waals surface area contributed by atoms with Gasteiger partial charge in [0.25, 0.3) is 5.56 Å². The van der Waals surface area contributed by atoms with E-state index in [1.807, 2.05) is 6.07 Å². The minimum absolute atomic E-state index is 0.0980. The molecular weight excluding hydrogens is 294 g/mol. The lowest BCUT2D eigenvalue weighted by atomic mass is 9.97. The molecule has 0 radical (unpaired) electrons. The van der Waals surface area contributed by atoms with Crippen LogP contribution in [0.3, 0.4) is 0 Å². The molecule has 0 bridgehead atoms. The van der Waals surface area contributed by atoms with Crippen LogP contribution in [-0.2, 0) is 11.3 Å². The van der Waals surface area contributed by atoms with Crippen molar-refractivity contribution in [2.24, 2.45) is 5.73 Å². The molecule has 1 saturated carbocycles. The summed E-state index contributed by atoms with van der Waals surface area (Å²) in [5.74, 6) is -0.0980. The lowest BCUT2D eigenvalue weighted by Crippen LogP contribution is -2.51. The number of hydrogen-bond donors (Lipinski definition) is 2. The fourth-order valence-corrected chi connectivity index (χ4v) is 3.17. The second-order valence-electron chi connectivity index (χ2n) is 6.12. The Kier molecular flexibility index (Phi) is 4.38. The average molecular weight is 315 g/mol. The van der Waals surface area contributed by atoms with Crippen LogP contribution in [0.1, 0.15) is 32.1 Å². The van der Waals surface area contributed by atoms with Crippen molar-refractivity contribution in [2.75, 3.05) is 6.54 Å². The molecule has 122 valence electrons. The van der Waals surface area contributed by atoms with Gasteiger partial charge in [0.05, 0.1) is 17.5 Å². The van der Waals surface area contributed by atoms with Gasteiger partial charge < -0.3 is 11.1 Å². The molecule has 0 atom stereocenters. The van der Waals surface area contributed by atoms with Crippen LogP contribution < -0.4 is 16.6 Å². The molecule has 1 aliphatic rings. The van der Waals surface area contributed by atoms with Crippen LogP contribution in [-0.4, -0.2) is 33.0 Å². The number of fused-ring (bicyclic) bond motifs is 1. The van der Waals surface area contributed by atoms with Gasteiger partial charge in [0, 0.05) is 13.0 Å². The van der Waals surface area contributed by atoms with Gasteiger partial charge in [-0.1, -0.05) is 30.2 Å². The quantitative estimate of drug-likeness (QED) is 0.839. The minimum atomic E-state index is -0.267. The zero-order valence-electron chi connectivity index (χ0n) is 13.0. The number of aromatic nitrogens is 3. The number of aryl methyl sites for hydroxylation is 1. The van der Waals surface area contributed by atoms with Crippen molar-refractivity contribution in [2.45, 2.75) is 44.2 Å². The summed E-state index contributed by atoms with van der Waals surface area (Å²) in [6.45, 7) is 0.664. The van der Waals surface area contributed by atoms with E-state index in [-0.39, 0.29) is 30.0 Å². The fourth-order valence-electron chi connectivity index (χ4n) is 3.17. The van der Waals surface area contributed by atoms with Gasteiger partial charge in [-0.05, 0) is 25.0 Å². The van der Waals surface area contributed by atoms with Crippen LogP contribution >= 0.6 is 0 Å². The highest BCUT2D eigenvalue weighted by molar-refractivity contribution is 5.77. The van der Waals surface area contributed by atoms with E-state index in [2.05, 4.69) is 15.6 Å². The molecule has 1 heterocycles. The number of amides is 1. The molecule has 2 aromatic rings. The lowest BCUT2D eigenvalue weighted by molar-refractivity contribution is -0.123. The first-order valence-corrected chi connectivity index (χ1v) is 7.97. The summed E-state index contributed by atoms with van der Waals surface area (Å²) in [4.78, 5) is 24.5. The third-order valence-electron chi connectivity index (χ3n) is 4.54. The van der Waals surface area contributed by atoms with Crippen LogP contribution in [0.25, 0.3) is 10.9 Å². The molecule has 7 nitrogen and oxygen atoms in total. The van der Waals surface area contributed by atoms with Gasteiger partial charge in [0.15, 0.2) is 0 Å². The second kappa shape index (κ2) is 6.45. The number of nitrogens with two attached hydrogens (primary N) is 1. The van der Waals surface area contributed by atoms with E-state index in [0.29, 0.717) is 17.4 Å². The Balaban J connectivity index is 1.67. The van der Waals surface area contributed by atoms with Crippen molar-refractivity contribution in [3.05, 3.63) is 34.6 Å². The molecule has 1 aromatic heterocycles. The summed E-state index contributed by atoms with van der Waals surface area (Å²) in [6, 6.07) is 7.05. The highest BCUT2D eigenvalue weighted by Gasteiger charge is 2.33. The van der Waals surface area contributed by atoms with Gasteiger partial charge in [0.2, 0.25) is 5.91 Å². The molecule has 0 unspecified atom stereocenters.